The third kappa shape index (κ3) is 4.66. The Hall–Kier alpha value is -1.98. The second-order valence-corrected chi connectivity index (χ2v) is 7.65. The SMILES string of the molecule is CCC(=O)N[C@@]1(C)C[C@@H](c2ccc(Cl)cc2)O[C@@H](c2ccc(F)c(F)c2)C1. The number of benzene rings is 2. The monoisotopic (exact) mass is 393 g/mol. The van der Waals surface area contributed by atoms with Gasteiger partial charge in [-0.1, -0.05) is 36.7 Å². The molecule has 1 N–H and O–H groups in total. The molecule has 0 saturated carbocycles. The van der Waals surface area contributed by atoms with Gasteiger partial charge in [0.1, 0.15) is 0 Å². The summed E-state index contributed by atoms with van der Waals surface area (Å²) in [6, 6.07) is 11.1. The van der Waals surface area contributed by atoms with Gasteiger partial charge in [0.25, 0.3) is 0 Å². The number of hydrogen-bond donors (Lipinski definition) is 1. The third-order valence-corrected chi connectivity index (χ3v) is 5.17. The zero-order chi connectivity index (χ0) is 19.6. The van der Waals surface area contributed by atoms with E-state index in [1.54, 1.807) is 19.1 Å². The Kier molecular flexibility index (Phi) is 5.82. The largest absolute Gasteiger partial charge is 0.365 e. The second-order valence-electron chi connectivity index (χ2n) is 7.21. The minimum absolute atomic E-state index is 0.0571. The maximum Gasteiger partial charge on any atom is 0.220 e. The Labute approximate surface area is 162 Å². The van der Waals surface area contributed by atoms with E-state index < -0.39 is 23.3 Å². The number of rotatable bonds is 4. The number of nitrogens with one attached hydrogen (secondary N) is 1. The summed E-state index contributed by atoms with van der Waals surface area (Å²) >= 11 is 5.98. The number of ether oxygens (including phenoxy) is 1. The van der Waals surface area contributed by atoms with Crippen molar-refractivity contribution in [3.05, 3.63) is 70.2 Å². The molecule has 1 aliphatic heterocycles. The van der Waals surface area contributed by atoms with E-state index in [0.29, 0.717) is 29.8 Å². The Balaban J connectivity index is 1.93. The molecule has 1 saturated heterocycles. The predicted octanol–water partition coefficient (Wildman–Crippen LogP) is 5.50. The van der Waals surface area contributed by atoms with E-state index in [2.05, 4.69) is 5.32 Å². The van der Waals surface area contributed by atoms with Gasteiger partial charge in [-0.3, -0.25) is 4.79 Å². The Morgan fingerprint density at radius 3 is 2.30 bits per heavy atom. The van der Waals surface area contributed by atoms with E-state index in [1.165, 1.54) is 6.07 Å². The van der Waals surface area contributed by atoms with Gasteiger partial charge in [-0.2, -0.15) is 0 Å². The summed E-state index contributed by atoms with van der Waals surface area (Å²) in [5, 5.41) is 3.69. The number of amides is 1. The first-order valence-electron chi connectivity index (χ1n) is 8.96. The van der Waals surface area contributed by atoms with Crippen LogP contribution < -0.4 is 5.32 Å². The maximum atomic E-state index is 13.7. The fourth-order valence-corrected chi connectivity index (χ4v) is 3.63. The molecule has 3 rings (SSSR count). The molecule has 0 unspecified atom stereocenters. The highest BCUT2D eigenvalue weighted by Crippen LogP contribution is 2.44. The molecule has 0 aliphatic carbocycles. The summed E-state index contributed by atoms with van der Waals surface area (Å²) in [6.45, 7) is 3.75. The lowest BCUT2D eigenvalue weighted by Gasteiger charge is -2.43. The summed E-state index contributed by atoms with van der Waals surface area (Å²) < 4.78 is 33.3. The van der Waals surface area contributed by atoms with Crippen LogP contribution in [0.4, 0.5) is 8.78 Å². The normalized spacial score (nSPS) is 25.2. The zero-order valence-corrected chi connectivity index (χ0v) is 16.0. The Morgan fingerprint density at radius 1 is 1.11 bits per heavy atom. The number of carbonyl (C=O) groups excluding carboxylic acids is 1. The summed E-state index contributed by atoms with van der Waals surface area (Å²) in [5.74, 6) is -1.87. The van der Waals surface area contributed by atoms with Crippen LogP contribution in [0, 0.1) is 11.6 Å². The highest BCUT2D eigenvalue weighted by molar-refractivity contribution is 6.30. The lowest BCUT2D eigenvalue weighted by atomic mass is 9.81. The van der Waals surface area contributed by atoms with Gasteiger partial charge in [-0.05, 0) is 42.3 Å². The summed E-state index contributed by atoms with van der Waals surface area (Å²) in [6.07, 6.45) is 0.625. The minimum Gasteiger partial charge on any atom is -0.365 e. The van der Waals surface area contributed by atoms with Crippen LogP contribution in [0.25, 0.3) is 0 Å². The van der Waals surface area contributed by atoms with Crippen LogP contribution in [0.1, 0.15) is 56.4 Å². The van der Waals surface area contributed by atoms with Crippen molar-refractivity contribution in [2.24, 2.45) is 0 Å². The standard InChI is InChI=1S/C21H22ClF2NO2/c1-3-20(26)25-21(2)11-18(13-4-7-15(22)8-5-13)27-19(12-21)14-6-9-16(23)17(24)10-14/h4-10,18-19H,3,11-12H2,1-2H3,(H,25,26)/t18-,19+,21-/m0/s1. The minimum atomic E-state index is -0.913. The van der Waals surface area contributed by atoms with Crippen molar-refractivity contribution in [1.82, 2.24) is 5.32 Å². The molecule has 27 heavy (non-hydrogen) atoms. The summed E-state index contributed by atoms with van der Waals surface area (Å²) in [7, 11) is 0. The first-order valence-corrected chi connectivity index (χ1v) is 9.34. The van der Waals surface area contributed by atoms with Gasteiger partial charge in [0.2, 0.25) is 5.91 Å². The van der Waals surface area contributed by atoms with Crippen molar-refractivity contribution < 1.29 is 18.3 Å². The molecule has 2 aromatic carbocycles. The molecule has 0 spiro atoms. The predicted molar refractivity (Wildman–Crippen MR) is 100 cm³/mol. The fourth-order valence-electron chi connectivity index (χ4n) is 3.51. The van der Waals surface area contributed by atoms with Crippen LogP contribution in [0.2, 0.25) is 5.02 Å². The molecule has 3 atom stereocenters. The smallest absolute Gasteiger partial charge is 0.220 e. The van der Waals surface area contributed by atoms with Crippen molar-refractivity contribution in [3.63, 3.8) is 0 Å². The number of halogens is 3. The molecular formula is C21H22ClF2NO2. The van der Waals surface area contributed by atoms with Crippen LogP contribution in [0.15, 0.2) is 42.5 Å². The van der Waals surface area contributed by atoms with Crippen LogP contribution >= 0.6 is 11.6 Å². The molecule has 2 aromatic rings. The second kappa shape index (κ2) is 7.95. The van der Waals surface area contributed by atoms with Gasteiger partial charge in [0, 0.05) is 29.8 Å². The summed E-state index contributed by atoms with van der Waals surface area (Å²) in [5.41, 5.74) is 0.929. The van der Waals surface area contributed by atoms with Crippen molar-refractivity contribution in [3.8, 4) is 0 Å². The molecule has 1 aliphatic rings. The van der Waals surface area contributed by atoms with E-state index in [1.807, 2.05) is 19.1 Å². The topological polar surface area (TPSA) is 38.3 Å². The summed E-state index contributed by atoms with van der Waals surface area (Å²) in [4.78, 5) is 12.0. The van der Waals surface area contributed by atoms with Gasteiger partial charge in [-0.15, -0.1) is 0 Å². The van der Waals surface area contributed by atoms with E-state index in [9.17, 15) is 13.6 Å². The maximum absolute atomic E-state index is 13.7. The highest BCUT2D eigenvalue weighted by Gasteiger charge is 2.40. The average Bonchev–Trinajstić information content (AvgIpc) is 2.63. The van der Waals surface area contributed by atoms with E-state index >= 15 is 0 Å². The molecule has 0 radical (unpaired) electrons. The molecule has 6 heteroatoms. The molecule has 144 valence electrons. The molecule has 0 aromatic heterocycles. The highest BCUT2D eigenvalue weighted by atomic mass is 35.5. The third-order valence-electron chi connectivity index (χ3n) is 4.92. The Morgan fingerprint density at radius 2 is 1.70 bits per heavy atom. The van der Waals surface area contributed by atoms with Crippen LogP contribution in [-0.4, -0.2) is 11.4 Å². The molecule has 1 amide bonds. The van der Waals surface area contributed by atoms with Gasteiger partial charge in [0.15, 0.2) is 11.6 Å². The molecule has 1 fully saturated rings. The van der Waals surface area contributed by atoms with Crippen molar-refractivity contribution >= 4 is 17.5 Å². The van der Waals surface area contributed by atoms with Crippen LogP contribution in [0.5, 0.6) is 0 Å². The van der Waals surface area contributed by atoms with Gasteiger partial charge in [0.05, 0.1) is 12.2 Å². The number of carbonyl (C=O) groups is 1. The molecule has 0 bridgehead atoms. The van der Waals surface area contributed by atoms with Gasteiger partial charge >= 0.3 is 0 Å². The first kappa shape index (κ1) is 19.8. The quantitative estimate of drug-likeness (QED) is 0.745. The fraction of sp³-hybridized carbons (Fsp3) is 0.381. The van der Waals surface area contributed by atoms with Crippen molar-refractivity contribution in [1.29, 1.82) is 0 Å². The molecule has 3 nitrogen and oxygen atoms in total. The lowest BCUT2D eigenvalue weighted by Crippen LogP contribution is -2.50. The lowest BCUT2D eigenvalue weighted by molar-refractivity contribution is -0.128. The zero-order valence-electron chi connectivity index (χ0n) is 15.3. The molecule has 1 heterocycles. The first-order chi connectivity index (χ1) is 12.8. The number of hydrogen-bond acceptors (Lipinski definition) is 2. The van der Waals surface area contributed by atoms with Crippen molar-refractivity contribution in [2.75, 3.05) is 0 Å². The van der Waals surface area contributed by atoms with Gasteiger partial charge < -0.3 is 10.1 Å². The van der Waals surface area contributed by atoms with Crippen LogP contribution in [0.3, 0.4) is 0 Å². The molecular weight excluding hydrogens is 372 g/mol. The van der Waals surface area contributed by atoms with Crippen molar-refractivity contribution in [2.45, 2.75) is 50.9 Å². The van der Waals surface area contributed by atoms with Gasteiger partial charge in [-0.25, -0.2) is 8.78 Å². The van der Waals surface area contributed by atoms with Crippen LogP contribution in [-0.2, 0) is 9.53 Å². The van der Waals surface area contributed by atoms with E-state index in [0.717, 1.165) is 17.7 Å². The van der Waals surface area contributed by atoms with E-state index in [4.69, 9.17) is 16.3 Å². The average molecular weight is 394 g/mol. The van der Waals surface area contributed by atoms with E-state index in [-0.39, 0.29) is 12.0 Å². The Bertz CT molecular complexity index is 827.